The molecule has 1 heterocycles. The highest BCUT2D eigenvalue weighted by Gasteiger charge is 2.43. The molecule has 0 spiro atoms. The fraction of sp³-hybridized carbons (Fsp3) is 0.130. The third-order valence-electron chi connectivity index (χ3n) is 4.79. The summed E-state index contributed by atoms with van der Waals surface area (Å²) in [5.41, 5.74) is 3.52. The second-order valence-corrected chi connectivity index (χ2v) is 7.51. The lowest BCUT2D eigenvalue weighted by Gasteiger charge is -2.42. The number of thioether (sulfide) groups is 1. The van der Waals surface area contributed by atoms with Crippen molar-refractivity contribution in [3.05, 3.63) is 120 Å². The summed E-state index contributed by atoms with van der Waals surface area (Å²) in [6.07, 6.45) is 4.44. The standard InChI is InChI=1S/C23H19FS/c24-21-14-7-9-18(17-21)22-15-8-16-25-23(22,19-10-3-1-4-11-19)20-12-5-2-6-13-20/h1-15,17,22H,16H2. The van der Waals surface area contributed by atoms with Gasteiger partial charge in [0.25, 0.3) is 0 Å². The van der Waals surface area contributed by atoms with Gasteiger partial charge in [0.2, 0.25) is 0 Å². The predicted octanol–water partition coefficient (Wildman–Crippen LogP) is 6.16. The molecule has 3 aromatic rings. The number of benzene rings is 3. The second-order valence-electron chi connectivity index (χ2n) is 6.24. The molecule has 0 aliphatic carbocycles. The highest BCUT2D eigenvalue weighted by Crippen LogP contribution is 2.55. The number of allylic oxidation sites excluding steroid dienone is 1. The van der Waals surface area contributed by atoms with Crippen LogP contribution in [-0.4, -0.2) is 5.75 Å². The summed E-state index contributed by atoms with van der Waals surface area (Å²) in [6, 6.07) is 28.2. The van der Waals surface area contributed by atoms with Crippen molar-refractivity contribution < 1.29 is 4.39 Å². The molecule has 124 valence electrons. The molecule has 1 aliphatic heterocycles. The van der Waals surface area contributed by atoms with E-state index in [1.54, 1.807) is 12.1 Å². The summed E-state index contributed by atoms with van der Waals surface area (Å²) in [5, 5.41) is 0. The van der Waals surface area contributed by atoms with Crippen LogP contribution in [0, 0.1) is 5.82 Å². The maximum absolute atomic E-state index is 13.9. The number of rotatable bonds is 3. The molecule has 3 aromatic carbocycles. The van der Waals surface area contributed by atoms with Gasteiger partial charge in [-0.15, -0.1) is 11.8 Å². The molecule has 4 rings (SSSR count). The number of hydrogen-bond donors (Lipinski definition) is 0. The minimum atomic E-state index is -0.259. The predicted molar refractivity (Wildman–Crippen MR) is 104 cm³/mol. The third-order valence-corrected chi connectivity index (χ3v) is 6.33. The first kappa shape index (κ1) is 16.2. The molecule has 25 heavy (non-hydrogen) atoms. The van der Waals surface area contributed by atoms with Crippen LogP contribution >= 0.6 is 11.8 Å². The van der Waals surface area contributed by atoms with Crippen LogP contribution in [0.3, 0.4) is 0 Å². The van der Waals surface area contributed by atoms with Crippen molar-refractivity contribution in [2.24, 2.45) is 0 Å². The van der Waals surface area contributed by atoms with Crippen molar-refractivity contribution in [3.63, 3.8) is 0 Å². The molecule has 0 radical (unpaired) electrons. The van der Waals surface area contributed by atoms with E-state index in [0.29, 0.717) is 0 Å². The van der Waals surface area contributed by atoms with Crippen molar-refractivity contribution in [3.8, 4) is 0 Å². The van der Waals surface area contributed by atoms with Crippen LogP contribution in [0.25, 0.3) is 0 Å². The Morgan fingerprint density at radius 2 is 1.44 bits per heavy atom. The SMILES string of the molecule is Fc1cccc(C2C=CCSC2(c2ccccc2)c2ccccc2)c1. The topological polar surface area (TPSA) is 0 Å². The summed E-state index contributed by atoms with van der Waals surface area (Å²) in [7, 11) is 0. The zero-order valence-corrected chi connectivity index (χ0v) is 14.6. The van der Waals surface area contributed by atoms with Crippen molar-refractivity contribution in [2.45, 2.75) is 10.7 Å². The van der Waals surface area contributed by atoms with E-state index in [1.807, 2.05) is 30.0 Å². The van der Waals surface area contributed by atoms with Crippen LogP contribution in [-0.2, 0) is 4.75 Å². The zero-order chi connectivity index (χ0) is 17.1. The van der Waals surface area contributed by atoms with E-state index in [-0.39, 0.29) is 16.5 Å². The quantitative estimate of drug-likeness (QED) is 0.512. The highest BCUT2D eigenvalue weighted by atomic mass is 32.2. The molecule has 0 N–H and O–H groups in total. The maximum atomic E-state index is 13.9. The van der Waals surface area contributed by atoms with Gasteiger partial charge in [-0.2, -0.15) is 0 Å². The second kappa shape index (κ2) is 6.89. The molecule has 1 aliphatic rings. The summed E-state index contributed by atoms with van der Waals surface area (Å²) in [4.78, 5) is 0. The Morgan fingerprint density at radius 3 is 2.04 bits per heavy atom. The van der Waals surface area contributed by atoms with Crippen LogP contribution in [0.15, 0.2) is 97.1 Å². The zero-order valence-electron chi connectivity index (χ0n) is 13.8. The molecule has 0 saturated carbocycles. The van der Waals surface area contributed by atoms with Crippen molar-refractivity contribution in [1.82, 2.24) is 0 Å². The van der Waals surface area contributed by atoms with E-state index in [0.717, 1.165) is 11.3 Å². The number of hydrogen-bond acceptors (Lipinski definition) is 1. The van der Waals surface area contributed by atoms with E-state index in [1.165, 1.54) is 17.2 Å². The lowest BCUT2D eigenvalue weighted by molar-refractivity contribution is 0.610. The fourth-order valence-electron chi connectivity index (χ4n) is 3.71. The van der Waals surface area contributed by atoms with E-state index >= 15 is 0 Å². The van der Waals surface area contributed by atoms with Gasteiger partial charge in [0.1, 0.15) is 5.82 Å². The Morgan fingerprint density at radius 1 is 0.800 bits per heavy atom. The van der Waals surface area contributed by atoms with Gasteiger partial charge in [-0.1, -0.05) is 84.9 Å². The molecule has 0 fully saturated rings. The molecule has 0 nitrogen and oxygen atoms in total. The normalized spacial score (nSPS) is 18.8. The number of halogens is 1. The highest BCUT2D eigenvalue weighted by molar-refractivity contribution is 8.00. The van der Waals surface area contributed by atoms with Gasteiger partial charge >= 0.3 is 0 Å². The Kier molecular flexibility index (Phi) is 4.46. The van der Waals surface area contributed by atoms with Gasteiger partial charge in [-0.3, -0.25) is 0 Å². The summed E-state index contributed by atoms with van der Waals surface area (Å²) in [6.45, 7) is 0. The lowest BCUT2D eigenvalue weighted by atomic mass is 9.75. The maximum Gasteiger partial charge on any atom is 0.123 e. The van der Waals surface area contributed by atoms with E-state index in [4.69, 9.17) is 0 Å². The Hall–Kier alpha value is -2.32. The Bertz CT molecular complexity index is 831. The Balaban J connectivity index is 1.97. The van der Waals surface area contributed by atoms with Crippen LogP contribution in [0.1, 0.15) is 22.6 Å². The molecule has 2 heteroatoms. The summed E-state index contributed by atoms with van der Waals surface area (Å²) >= 11 is 1.92. The minimum absolute atomic E-state index is 0.0757. The van der Waals surface area contributed by atoms with E-state index in [9.17, 15) is 4.39 Å². The molecular formula is C23H19FS. The molecule has 0 amide bonds. The van der Waals surface area contributed by atoms with Crippen molar-refractivity contribution in [1.29, 1.82) is 0 Å². The van der Waals surface area contributed by atoms with Crippen molar-refractivity contribution >= 4 is 11.8 Å². The fourth-order valence-corrected chi connectivity index (χ4v) is 5.18. The average molecular weight is 346 g/mol. The Labute approximate surface area is 152 Å². The van der Waals surface area contributed by atoms with Gasteiger partial charge in [-0.05, 0) is 28.8 Å². The van der Waals surface area contributed by atoms with Gasteiger partial charge < -0.3 is 0 Å². The molecule has 1 unspecified atom stereocenters. The first-order chi connectivity index (χ1) is 12.3. The summed E-state index contributed by atoms with van der Waals surface area (Å²) < 4.78 is 13.7. The van der Waals surface area contributed by atoms with Crippen LogP contribution < -0.4 is 0 Å². The van der Waals surface area contributed by atoms with Crippen LogP contribution in [0.2, 0.25) is 0 Å². The van der Waals surface area contributed by atoms with E-state index in [2.05, 4.69) is 60.7 Å². The largest absolute Gasteiger partial charge is 0.207 e. The van der Waals surface area contributed by atoms with Crippen LogP contribution in [0.4, 0.5) is 4.39 Å². The van der Waals surface area contributed by atoms with Gasteiger partial charge in [0.05, 0.1) is 4.75 Å². The average Bonchev–Trinajstić information content (AvgIpc) is 2.69. The minimum Gasteiger partial charge on any atom is -0.207 e. The molecule has 0 bridgehead atoms. The molecule has 0 aromatic heterocycles. The first-order valence-electron chi connectivity index (χ1n) is 8.48. The van der Waals surface area contributed by atoms with Crippen LogP contribution in [0.5, 0.6) is 0 Å². The lowest BCUT2D eigenvalue weighted by Crippen LogP contribution is -2.33. The summed E-state index contributed by atoms with van der Waals surface area (Å²) in [5.74, 6) is 0.832. The van der Waals surface area contributed by atoms with Crippen molar-refractivity contribution in [2.75, 3.05) is 5.75 Å². The molecular weight excluding hydrogens is 327 g/mol. The van der Waals surface area contributed by atoms with Gasteiger partial charge in [-0.25, -0.2) is 4.39 Å². The van der Waals surface area contributed by atoms with Gasteiger partial charge in [0, 0.05) is 11.7 Å². The third kappa shape index (κ3) is 2.91. The molecule has 0 saturated heterocycles. The molecule has 1 atom stereocenters. The van der Waals surface area contributed by atoms with E-state index < -0.39 is 0 Å². The smallest absolute Gasteiger partial charge is 0.123 e. The first-order valence-corrected chi connectivity index (χ1v) is 9.46. The van der Waals surface area contributed by atoms with Gasteiger partial charge in [0.15, 0.2) is 0 Å². The monoisotopic (exact) mass is 346 g/mol.